The van der Waals surface area contributed by atoms with Crippen molar-refractivity contribution in [3.8, 4) is 5.88 Å². The SMILES string of the molecule is COc1ncc(C(=O)O)cc1NC(=O)OC(C)(C)C. The highest BCUT2D eigenvalue weighted by atomic mass is 16.6. The van der Waals surface area contributed by atoms with E-state index in [9.17, 15) is 9.59 Å². The molecule has 0 atom stereocenters. The van der Waals surface area contributed by atoms with E-state index in [1.165, 1.54) is 13.2 Å². The number of aromatic carboxylic acids is 1. The molecule has 0 radical (unpaired) electrons. The van der Waals surface area contributed by atoms with E-state index < -0.39 is 17.7 Å². The summed E-state index contributed by atoms with van der Waals surface area (Å²) in [7, 11) is 1.36. The van der Waals surface area contributed by atoms with Crippen molar-refractivity contribution in [3.05, 3.63) is 17.8 Å². The maximum Gasteiger partial charge on any atom is 0.412 e. The number of nitrogens with zero attached hydrogens (tertiary/aromatic N) is 1. The van der Waals surface area contributed by atoms with E-state index in [1.807, 2.05) is 0 Å². The molecule has 0 bridgehead atoms. The second-order valence-corrected chi connectivity index (χ2v) is 4.71. The Balaban J connectivity index is 2.95. The van der Waals surface area contributed by atoms with Gasteiger partial charge in [-0.25, -0.2) is 14.6 Å². The van der Waals surface area contributed by atoms with Gasteiger partial charge in [-0.2, -0.15) is 0 Å². The van der Waals surface area contributed by atoms with Gasteiger partial charge in [0, 0.05) is 6.20 Å². The maximum absolute atomic E-state index is 11.6. The molecule has 0 aliphatic rings. The number of carboxylic acids is 1. The third-order valence-electron chi connectivity index (χ3n) is 1.93. The zero-order valence-corrected chi connectivity index (χ0v) is 11.2. The lowest BCUT2D eigenvalue weighted by atomic mass is 10.2. The molecule has 0 spiro atoms. The highest BCUT2D eigenvalue weighted by Gasteiger charge is 2.19. The van der Waals surface area contributed by atoms with Crippen molar-refractivity contribution in [1.82, 2.24) is 4.98 Å². The van der Waals surface area contributed by atoms with Gasteiger partial charge in [-0.15, -0.1) is 0 Å². The molecular formula is C12H16N2O5. The Hall–Kier alpha value is -2.31. The summed E-state index contributed by atoms with van der Waals surface area (Å²) in [5, 5.41) is 11.3. The smallest absolute Gasteiger partial charge is 0.412 e. The number of rotatable bonds is 3. The monoisotopic (exact) mass is 268 g/mol. The average Bonchev–Trinajstić information content (AvgIpc) is 2.26. The number of hydrogen-bond donors (Lipinski definition) is 2. The largest absolute Gasteiger partial charge is 0.480 e. The molecular weight excluding hydrogens is 252 g/mol. The molecule has 7 heteroatoms. The molecule has 0 saturated heterocycles. The van der Waals surface area contributed by atoms with E-state index in [1.54, 1.807) is 20.8 Å². The van der Waals surface area contributed by atoms with Crippen molar-refractivity contribution in [3.63, 3.8) is 0 Å². The van der Waals surface area contributed by atoms with Gasteiger partial charge in [-0.3, -0.25) is 5.32 Å². The summed E-state index contributed by atoms with van der Waals surface area (Å²) in [6.45, 7) is 5.15. The van der Waals surface area contributed by atoms with Crippen LogP contribution in [0.2, 0.25) is 0 Å². The molecule has 0 aliphatic heterocycles. The van der Waals surface area contributed by atoms with Crippen LogP contribution < -0.4 is 10.1 Å². The lowest BCUT2D eigenvalue weighted by Crippen LogP contribution is -2.27. The Morgan fingerprint density at radius 2 is 2.00 bits per heavy atom. The second-order valence-electron chi connectivity index (χ2n) is 4.71. The number of ether oxygens (including phenoxy) is 2. The van der Waals surface area contributed by atoms with Crippen molar-refractivity contribution < 1.29 is 24.2 Å². The van der Waals surface area contributed by atoms with E-state index in [0.29, 0.717) is 0 Å². The summed E-state index contributed by atoms with van der Waals surface area (Å²) in [4.78, 5) is 26.3. The minimum atomic E-state index is -1.15. The first-order valence-corrected chi connectivity index (χ1v) is 5.50. The van der Waals surface area contributed by atoms with Gasteiger partial charge in [0.05, 0.1) is 12.7 Å². The van der Waals surface area contributed by atoms with E-state index in [2.05, 4.69) is 10.3 Å². The predicted octanol–water partition coefficient (Wildman–Crippen LogP) is 2.14. The molecule has 2 N–H and O–H groups in total. The minimum Gasteiger partial charge on any atom is -0.480 e. The highest BCUT2D eigenvalue weighted by molar-refractivity contribution is 5.92. The highest BCUT2D eigenvalue weighted by Crippen LogP contribution is 2.23. The summed E-state index contributed by atoms with van der Waals surface area (Å²) in [6.07, 6.45) is 0.427. The first-order chi connectivity index (χ1) is 8.73. The standard InChI is InChI=1S/C12H16N2O5/c1-12(2,3)19-11(17)14-8-5-7(10(15)16)6-13-9(8)18-4/h5-6H,1-4H3,(H,14,17)(H,15,16). The fraction of sp³-hybridized carbons (Fsp3) is 0.417. The molecule has 7 nitrogen and oxygen atoms in total. The van der Waals surface area contributed by atoms with Crippen LogP contribution in [0.1, 0.15) is 31.1 Å². The quantitative estimate of drug-likeness (QED) is 0.871. The number of amides is 1. The van der Waals surface area contributed by atoms with Gasteiger partial charge >= 0.3 is 12.1 Å². The van der Waals surface area contributed by atoms with Crippen LogP contribution in [0.4, 0.5) is 10.5 Å². The minimum absolute atomic E-state index is 0.0631. The normalized spacial score (nSPS) is 10.7. The fourth-order valence-corrected chi connectivity index (χ4v) is 1.23. The molecule has 0 fully saturated rings. The van der Waals surface area contributed by atoms with Gasteiger partial charge < -0.3 is 14.6 Å². The van der Waals surface area contributed by atoms with Crippen LogP contribution in [0, 0.1) is 0 Å². The molecule has 0 saturated carbocycles. The van der Waals surface area contributed by atoms with Crippen molar-refractivity contribution in [2.45, 2.75) is 26.4 Å². The van der Waals surface area contributed by atoms with Crippen molar-refractivity contribution in [2.24, 2.45) is 0 Å². The molecule has 0 aliphatic carbocycles. The second kappa shape index (κ2) is 5.55. The van der Waals surface area contributed by atoms with Crippen molar-refractivity contribution in [2.75, 3.05) is 12.4 Å². The predicted molar refractivity (Wildman–Crippen MR) is 67.6 cm³/mol. The number of carbonyl (C=O) groups is 2. The molecule has 0 aromatic carbocycles. The number of aromatic nitrogens is 1. The van der Waals surface area contributed by atoms with E-state index in [4.69, 9.17) is 14.6 Å². The number of carbonyl (C=O) groups excluding carboxylic acids is 1. The number of anilines is 1. The fourth-order valence-electron chi connectivity index (χ4n) is 1.23. The van der Waals surface area contributed by atoms with Crippen molar-refractivity contribution >= 4 is 17.7 Å². The van der Waals surface area contributed by atoms with E-state index in [-0.39, 0.29) is 17.1 Å². The lowest BCUT2D eigenvalue weighted by Gasteiger charge is -2.20. The summed E-state index contributed by atoms with van der Waals surface area (Å²) < 4.78 is 10.00. The van der Waals surface area contributed by atoms with Crippen LogP contribution in [0.15, 0.2) is 12.3 Å². The average molecular weight is 268 g/mol. The molecule has 1 aromatic rings. The molecule has 19 heavy (non-hydrogen) atoms. The van der Waals surface area contributed by atoms with E-state index >= 15 is 0 Å². The van der Waals surface area contributed by atoms with Gasteiger partial charge in [0.25, 0.3) is 0 Å². The number of carboxylic acid groups (broad SMARTS) is 1. The van der Waals surface area contributed by atoms with Gasteiger partial charge in [-0.1, -0.05) is 0 Å². The van der Waals surface area contributed by atoms with Gasteiger partial charge in [0.2, 0.25) is 5.88 Å². The molecule has 1 rings (SSSR count). The van der Waals surface area contributed by atoms with Gasteiger partial charge in [0.1, 0.15) is 11.3 Å². The summed E-state index contributed by atoms with van der Waals surface area (Å²) in [5.41, 5.74) is -0.585. The molecule has 1 aromatic heterocycles. The van der Waals surface area contributed by atoms with Crippen LogP contribution in [-0.2, 0) is 4.74 Å². The molecule has 1 amide bonds. The molecule has 104 valence electrons. The first-order valence-electron chi connectivity index (χ1n) is 5.50. The zero-order valence-electron chi connectivity index (χ0n) is 11.2. The Labute approximate surface area is 110 Å². The molecule has 0 unspecified atom stereocenters. The Morgan fingerprint density at radius 1 is 1.37 bits per heavy atom. The van der Waals surface area contributed by atoms with Crippen LogP contribution in [0.3, 0.4) is 0 Å². The number of hydrogen-bond acceptors (Lipinski definition) is 5. The topological polar surface area (TPSA) is 97.8 Å². The van der Waals surface area contributed by atoms with Crippen LogP contribution in [-0.4, -0.2) is 34.9 Å². The van der Waals surface area contributed by atoms with Crippen LogP contribution in [0.5, 0.6) is 5.88 Å². The summed E-state index contributed by atoms with van der Waals surface area (Å²) in [5.74, 6) is -1.04. The summed E-state index contributed by atoms with van der Waals surface area (Å²) >= 11 is 0. The number of methoxy groups -OCH3 is 1. The Bertz CT molecular complexity index is 493. The Kier molecular flexibility index (Phi) is 4.31. The molecule has 1 heterocycles. The number of pyridine rings is 1. The third-order valence-corrected chi connectivity index (χ3v) is 1.93. The Morgan fingerprint density at radius 3 is 2.47 bits per heavy atom. The van der Waals surface area contributed by atoms with Crippen LogP contribution in [0.25, 0.3) is 0 Å². The van der Waals surface area contributed by atoms with Crippen molar-refractivity contribution in [1.29, 1.82) is 0 Å². The lowest BCUT2D eigenvalue weighted by molar-refractivity contribution is 0.0632. The first kappa shape index (κ1) is 14.7. The van der Waals surface area contributed by atoms with Gasteiger partial charge in [-0.05, 0) is 26.8 Å². The number of nitrogens with one attached hydrogen (secondary N) is 1. The van der Waals surface area contributed by atoms with Gasteiger partial charge in [0.15, 0.2) is 0 Å². The summed E-state index contributed by atoms with van der Waals surface area (Å²) in [6, 6.07) is 1.25. The maximum atomic E-state index is 11.6. The van der Waals surface area contributed by atoms with E-state index in [0.717, 1.165) is 6.20 Å². The third kappa shape index (κ3) is 4.46. The van der Waals surface area contributed by atoms with Crippen LogP contribution >= 0.6 is 0 Å². The zero-order chi connectivity index (χ0) is 14.6.